The second-order valence-electron chi connectivity index (χ2n) is 3.27. The molecule has 0 aliphatic carbocycles. The predicted octanol–water partition coefficient (Wildman–Crippen LogP) is 1.25. The summed E-state index contributed by atoms with van der Waals surface area (Å²) < 4.78 is 50.3. The lowest BCUT2D eigenvalue weighted by Crippen LogP contribution is -2.39. The molecular formula is C9H10ClF2NO3S. The third-order valence-corrected chi connectivity index (χ3v) is 3.78. The smallest absolute Gasteiger partial charge is 0.283 e. The Kier molecular flexibility index (Phi) is 4.42. The fourth-order valence-electron chi connectivity index (χ4n) is 0.997. The first-order valence-corrected chi connectivity index (χ1v) is 6.37. The van der Waals surface area contributed by atoms with Gasteiger partial charge in [0.25, 0.3) is 5.92 Å². The fraction of sp³-hybridized carbons (Fsp3) is 0.333. The molecule has 4 nitrogen and oxygen atoms in total. The standard InChI is InChI=1S/C9H10ClF2NO3S/c10-7-3-1-2-4-8(7)17(15,16)13-5-9(11,12)6-14/h1-4,13-14H,5-6H2. The second-order valence-corrected chi connectivity index (χ2v) is 5.41. The predicted molar refractivity (Wildman–Crippen MR) is 58.7 cm³/mol. The van der Waals surface area contributed by atoms with E-state index >= 15 is 0 Å². The third-order valence-electron chi connectivity index (χ3n) is 1.88. The lowest BCUT2D eigenvalue weighted by molar-refractivity contribution is -0.0437. The molecule has 8 heteroatoms. The van der Waals surface area contributed by atoms with Crippen molar-refractivity contribution in [3.8, 4) is 0 Å². The van der Waals surface area contributed by atoms with Gasteiger partial charge in [-0.1, -0.05) is 23.7 Å². The van der Waals surface area contributed by atoms with Gasteiger partial charge in [-0.05, 0) is 12.1 Å². The first kappa shape index (κ1) is 14.3. The minimum Gasteiger partial charge on any atom is -0.390 e. The third kappa shape index (κ3) is 3.88. The molecule has 0 spiro atoms. The molecular weight excluding hydrogens is 276 g/mol. The SMILES string of the molecule is O=S(=O)(NCC(F)(F)CO)c1ccccc1Cl. The van der Waals surface area contributed by atoms with E-state index in [9.17, 15) is 17.2 Å². The van der Waals surface area contributed by atoms with Crippen LogP contribution >= 0.6 is 11.6 Å². The van der Waals surface area contributed by atoms with E-state index in [0.717, 1.165) is 0 Å². The lowest BCUT2D eigenvalue weighted by Gasteiger charge is -2.14. The zero-order chi connectivity index (χ0) is 13.1. The van der Waals surface area contributed by atoms with Crippen LogP contribution in [0.3, 0.4) is 0 Å². The Hall–Kier alpha value is -0.760. The zero-order valence-electron chi connectivity index (χ0n) is 8.53. The fourth-order valence-corrected chi connectivity index (χ4v) is 2.58. The molecule has 17 heavy (non-hydrogen) atoms. The molecule has 2 N–H and O–H groups in total. The van der Waals surface area contributed by atoms with E-state index in [4.69, 9.17) is 16.7 Å². The summed E-state index contributed by atoms with van der Waals surface area (Å²) in [5, 5.41) is 8.24. The number of hydrogen-bond donors (Lipinski definition) is 2. The molecule has 0 atom stereocenters. The topological polar surface area (TPSA) is 66.4 Å². The number of nitrogens with one attached hydrogen (secondary N) is 1. The van der Waals surface area contributed by atoms with Gasteiger partial charge < -0.3 is 5.11 Å². The highest BCUT2D eigenvalue weighted by molar-refractivity contribution is 7.89. The van der Waals surface area contributed by atoms with Crippen molar-refractivity contribution in [3.05, 3.63) is 29.3 Å². The summed E-state index contributed by atoms with van der Waals surface area (Å²) in [5.74, 6) is -3.51. The van der Waals surface area contributed by atoms with E-state index in [2.05, 4.69) is 0 Å². The van der Waals surface area contributed by atoms with Crippen molar-refractivity contribution in [2.75, 3.05) is 13.2 Å². The quantitative estimate of drug-likeness (QED) is 0.855. The number of aliphatic hydroxyl groups is 1. The van der Waals surface area contributed by atoms with Crippen LogP contribution in [-0.2, 0) is 10.0 Å². The molecule has 0 aliphatic rings. The van der Waals surface area contributed by atoms with Crippen molar-refractivity contribution in [1.82, 2.24) is 4.72 Å². The highest BCUT2D eigenvalue weighted by Crippen LogP contribution is 2.21. The second kappa shape index (κ2) is 5.26. The molecule has 1 aromatic carbocycles. The van der Waals surface area contributed by atoms with Crippen LogP contribution in [0.25, 0.3) is 0 Å². The molecule has 1 aromatic rings. The normalized spacial score (nSPS) is 12.7. The van der Waals surface area contributed by atoms with Crippen LogP contribution in [0.15, 0.2) is 29.2 Å². The number of rotatable bonds is 5. The van der Waals surface area contributed by atoms with Gasteiger partial charge >= 0.3 is 0 Å². The lowest BCUT2D eigenvalue weighted by atomic mass is 10.4. The maximum Gasteiger partial charge on any atom is 0.283 e. The van der Waals surface area contributed by atoms with Gasteiger partial charge in [-0.25, -0.2) is 21.9 Å². The molecule has 0 fully saturated rings. The number of benzene rings is 1. The summed E-state index contributed by atoms with van der Waals surface area (Å²) in [6.45, 7) is -2.62. The van der Waals surface area contributed by atoms with Crippen LogP contribution in [-0.4, -0.2) is 32.6 Å². The Balaban J connectivity index is 2.88. The van der Waals surface area contributed by atoms with Gasteiger partial charge in [-0.2, -0.15) is 0 Å². The average molecular weight is 286 g/mol. The summed E-state index contributed by atoms with van der Waals surface area (Å²) in [5.41, 5.74) is 0. The molecule has 0 heterocycles. The minimum atomic E-state index is -4.11. The molecule has 0 unspecified atom stereocenters. The maximum atomic E-state index is 12.7. The first-order chi connectivity index (χ1) is 7.78. The van der Waals surface area contributed by atoms with E-state index in [-0.39, 0.29) is 9.92 Å². The molecule has 0 aromatic heterocycles. The van der Waals surface area contributed by atoms with Gasteiger partial charge in [0.15, 0.2) is 0 Å². The van der Waals surface area contributed by atoms with Crippen molar-refractivity contribution in [2.24, 2.45) is 0 Å². The molecule has 0 saturated carbocycles. The van der Waals surface area contributed by atoms with E-state index in [1.807, 2.05) is 0 Å². The zero-order valence-corrected chi connectivity index (χ0v) is 10.1. The van der Waals surface area contributed by atoms with Crippen LogP contribution < -0.4 is 4.72 Å². The molecule has 1 rings (SSSR count). The van der Waals surface area contributed by atoms with Gasteiger partial charge in [0.05, 0.1) is 11.6 Å². The van der Waals surface area contributed by atoms with Crippen molar-refractivity contribution < 1.29 is 22.3 Å². The van der Waals surface area contributed by atoms with E-state index in [1.165, 1.54) is 24.3 Å². The molecule has 0 bridgehead atoms. The van der Waals surface area contributed by atoms with Gasteiger partial charge in [0, 0.05) is 0 Å². The van der Waals surface area contributed by atoms with Gasteiger partial charge in [0.1, 0.15) is 11.5 Å². The number of alkyl halides is 2. The Labute approximate surface area is 102 Å². The van der Waals surface area contributed by atoms with Gasteiger partial charge in [-0.15, -0.1) is 0 Å². The van der Waals surface area contributed by atoms with E-state index in [1.54, 1.807) is 4.72 Å². The Morgan fingerprint density at radius 3 is 2.47 bits per heavy atom. The Bertz CT molecular complexity index is 493. The van der Waals surface area contributed by atoms with Crippen molar-refractivity contribution in [1.29, 1.82) is 0 Å². The maximum absolute atomic E-state index is 12.7. The molecule has 0 radical (unpaired) electrons. The average Bonchev–Trinajstić information content (AvgIpc) is 2.27. The summed E-state index contributed by atoms with van der Waals surface area (Å²) in [4.78, 5) is -0.282. The monoisotopic (exact) mass is 285 g/mol. The molecule has 0 amide bonds. The van der Waals surface area contributed by atoms with Gasteiger partial charge in [-0.3, -0.25) is 0 Å². The van der Waals surface area contributed by atoms with Crippen molar-refractivity contribution >= 4 is 21.6 Å². The van der Waals surface area contributed by atoms with E-state index in [0.29, 0.717) is 0 Å². The highest BCUT2D eigenvalue weighted by Gasteiger charge is 2.30. The Morgan fingerprint density at radius 2 is 1.94 bits per heavy atom. The van der Waals surface area contributed by atoms with Crippen molar-refractivity contribution in [2.45, 2.75) is 10.8 Å². The number of halogens is 3. The van der Waals surface area contributed by atoms with Crippen LogP contribution in [0.1, 0.15) is 0 Å². The van der Waals surface area contributed by atoms with Crippen LogP contribution in [0.2, 0.25) is 5.02 Å². The minimum absolute atomic E-state index is 0.0627. The Morgan fingerprint density at radius 1 is 1.35 bits per heavy atom. The van der Waals surface area contributed by atoms with Gasteiger partial charge in [0.2, 0.25) is 10.0 Å². The number of aliphatic hydroxyl groups excluding tert-OH is 1. The summed E-state index contributed by atoms with van der Waals surface area (Å²) in [7, 11) is -4.11. The van der Waals surface area contributed by atoms with Crippen LogP contribution in [0.4, 0.5) is 8.78 Å². The summed E-state index contributed by atoms with van der Waals surface area (Å²) in [6, 6.07) is 5.47. The first-order valence-electron chi connectivity index (χ1n) is 4.51. The van der Waals surface area contributed by atoms with Crippen LogP contribution in [0, 0.1) is 0 Å². The van der Waals surface area contributed by atoms with Crippen molar-refractivity contribution in [3.63, 3.8) is 0 Å². The number of sulfonamides is 1. The largest absolute Gasteiger partial charge is 0.390 e. The molecule has 96 valence electrons. The molecule has 0 aliphatic heterocycles. The summed E-state index contributed by atoms with van der Waals surface area (Å²) in [6.07, 6.45) is 0. The molecule has 0 saturated heterocycles. The van der Waals surface area contributed by atoms with E-state index < -0.39 is 29.1 Å². The van der Waals surface area contributed by atoms with Crippen LogP contribution in [0.5, 0.6) is 0 Å². The number of hydrogen-bond acceptors (Lipinski definition) is 3. The summed E-state index contributed by atoms with van der Waals surface area (Å²) >= 11 is 5.64. The highest BCUT2D eigenvalue weighted by atomic mass is 35.5.